The summed E-state index contributed by atoms with van der Waals surface area (Å²) in [5, 5.41) is 9.21. The molecule has 1 aliphatic rings. The third-order valence-corrected chi connectivity index (χ3v) is 3.03. The van der Waals surface area contributed by atoms with Gasteiger partial charge in [-0.05, 0) is 19.8 Å². The molecule has 0 spiro atoms. The van der Waals surface area contributed by atoms with Gasteiger partial charge in [0.05, 0.1) is 6.61 Å². The average molecular weight is 214 g/mol. The molecule has 1 saturated carbocycles. The second-order valence-electron chi connectivity index (χ2n) is 4.02. The van der Waals surface area contributed by atoms with Gasteiger partial charge in [0.25, 0.3) is 0 Å². The summed E-state index contributed by atoms with van der Waals surface area (Å²) in [6.07, 6.45) is 4.45. The van der Waals surface area contributed by atoms with E-state index in [2.05, 4.69) is 0 Å². The van der Waals surface area contributed by atoms with Gasteiger partial charge in [0, 0.05) is 0 Å². The Labute approximate surface area is 89.6 Å². The number of rotatable bonds is 3. The van der Waals surface area contributed by atoms with E-state index in [4.69, 9.17) is 4.74 Å². The van der Waals surface area contributed by atoms with Crippen LogP contribution in [0.25, 0.3) is 0 Å². The van der Waals surface area contributed by atoms with E-state index in [1.165, 1.54) is 0 Å². The van der Waals surface area contributed by atoms with Crippen LogP contribution in [0.4, 0.5) is 0 Å². The molecule has 0 radical (unpaired) electrons. The molecule has 0 saturated heterocycles. The highest BCUT2D eigenvalue weighted by molar-refractivity contribution is 5.99. The van der Waals surface area contributed by atoms with Crippen LogP contribution >= 0.6 is 0 Å². The zero-order valence-corrected chi connectivity index (χ0v) is 9.12. The lowest BCUT2D eigenvalue weighted by atomic mass is 9.80. The topological polar surface area (TPSA) is 63.6 Å². The fourth-order valence-corrected chi connectivity index (χ4v) is 2.11. The normalized spacial score (nSPS) is 20.3. The van der Waals surface area contributed by atoms with E-state index in [-0.39, 0.29) is 6.61 Å². The maximum Gasteiger partial charge on any atom is 0.323 e. The molecule has 0 aromatic rings. The number of esters is 1. The Morgan fingerprint density at radius 3 is 2.13 bits per heavy atom. The van der Waals surface area contributed by atoms with Crippen LogP contribution in [0.5, 0.6) is 0 Å². The van der Waals surface area contributed by atoms with Gasteiger partial charge in [0.1, 0.15) is 0 Å². The van der Waals surface area contributed by atoms with Crippen LogP contribution in [-0.4, -0.2) is 23.7 Å². The van der Waals surface area contributed by atoms with E-state index in [9.17, 15) is 14.7 Å². The molecule has 0 unspecified atom stereocenters. The van der Waals surface area contributed by atoms with Crippen molar-refractivity contribution in [1.82, 2.24) is 0 Å². The molecule has 0 aromatic carbocycles. The van der Waals surface area contributed by atoms with Crippen LogP contribution in [0.3, 0.4) is 0 Å². The van der Waals surface area contributed by atoms with Crippen molar-refractivity contribution in [3.05, 3.63) is 0 Å². The van der Waals surface area contributed by atoms with Crippen molar-refractivity contribution < 1.29 is 19.4 Å². The van der Waals surface area contributed by atoms with E-state index in [1.54, 1.807) is 6.92 Å². The molecule has 4 nitrogen and oxygen atoms in total. The lowest BCUT2D eigenvalue weighted by molar-refractivity contribution is -0.169. The van der Waals surface area contributed by atoms with Crippen molar-refractivity contribution in [2.24, 2.45) is 5.41 Å². The molecule has 0 amide bonds. The van der Waals surface area contributed by atoms with Crippen molar-refractivity contribution >= 4 is 11.9 Å². The summed E-state index contributed by atoms with van der Waals surface area (Å²) in [5.74, 6) is -1.58. The van der Waals surface area contributed by atoms with Gasteiger partial charge < -0.3 is 9.84 Å². The van der Waals surface area contributed by atoms with Crippen LogP contribution in [-0.2, 0) is 14.3 Å². The molecular weight excluding hydrogens is 196 g/mol. The van der Waals surface area contributed by atoms with Gasteiger partial charge in [-0.3, -0.25) is 9.59 Å². The molecule has 1 fully saturated rings. The zero-order chi connectivity index (χ0) is 11.3. The van der Waals surface area contributed by atoms with Gasteiger partial charge in [-0.2, -0.15) is 0 Å². The van der Waals surface area contributed by atoms with Crippen molar-refractivity contribution in [2.45, 2.75) is 45.4 Å². The SMILES string of the molecule is CCOC(=O)C1(C(=O)O)CCCCCC1. The number of carbonyl (C=O) groups is 2. The summed E-state index contributed by atoms with van der Waals surface area (Å²) in [5.41, 5.74) is -1.27. The number of carboxylic acid groups (broad SMARTS) is 1. The van der Waals surface area contributed by atoms with Gasteiger partial charge in [-0.1, -0.05) is 25.7 Å². The van der Waals surface area contributed by atoms with E-state index < -0.39 is 17.4 Å². The number of carbonyl (C=O) groups excluding carboxylic acids is 1. The largest absolute Gasteiger partial charge is 0.480 e. The first-order chi connectivity index (χ1) is 7.13. The maximum absolute atomic E-state index is 11.7. The molecule has 0 aromatic heterocycles. The Bertz CT molecular complexity index is 239. The summed E-state index contributed by atoms with van der Waals surface area (Å²) in [6.45, 7) is 1.94. The molecule has 1 aliphatic carbocycles. The predicted molar refractivity (Wildman–Crippen MR) is 54.4 cm³/mol. The summed E-state index contributed by atoms with van der Waals surface area (Å²) in [6, 6.07) is 0. The Morgan fingerprint density at radius 1 is 1.20 bits per heavy atom. The molecule has 1 rings (SSSR count). The summed E-state index contributed by atoms with van der Waals surface area (Å²) in [4.78, 5) is 23.0. The minimum absolute atomic E-state index is 0.244. The Kier molecular flexibility index (Phi) is 4.12. The second-order valence-corrected chi connectivity index (χ2v) is 4.02. The fraction of sp³-hybridized carbons (Fsp3) is 0.818. The van der Waals surface area contributed by atoms with Gasteiger partial charge in [-0.25, -0.2) is 0 Å². The lowest BCUT2D eigenvalue weighted by Gasteiger charge is -2.25. The molecule has 0 bridgehead atoms. The van der Waals surface area contributed by atoms with Gasteiger partial charge in [0.2, 0.25) is 0 Å². The standard InChI is InChI=1S/C11H18O4/c1-2-15-10(14)11(9(12)13)7-5-3-4-6-8-11/h2-8H2,1H3,(H,12,13). The molecule has 86 valence electrons. The Hall–Kier alpha value is -1.06. The van der Waals surface area contributed by atoms with E-state index in [0.29, 0.717) is 12.8 Å². The highest BCUT2D eigenvalue weighted by Crippen LogP contribution is 2.36. The number of carboxylic acids is 1. The van der Waals surface area contributed by atoms with Crippen LogP contribution < -0.4 is 0 Å². The molecule has 0 aliphatic heterocycles. The molecular formula is C11H18O4. The summed E-state index contributed by atoms with van der Waals surface area (Å²) < 4.78 is 4.88. The quantitative estimate of drug-likeness (QED) is 0.443. The molecule has 0 atom stereocenters. The third kappa shape index (κ3) is 2.49. The highest BCUT2D eigenvalue weighted by atomic mass is 16.5. The minimum Gasteiger partial charge on any atom is -0.480 e. The number of aliphatic carboxylic acids is 1. The van der Waals surface area contributed by atoms with E-state index >= 15 is 0 Å². The van der Waals surface area contributed by atoms with Gasteiger partial charge >= 0.3 is 11.9 Å². The van der Waals surface area contributed by atoms with Crippen LogP contribution in [0.2, 0.25) is 0 Å². The van der Waals surface area contributed by atoms with Crippen LogP contribution in [0.1, 0.15) is 45.4 Å². The second kappa shape index (κ2) is 5.14. The fourth-order valence-electron chi connectivity index (χ4n) is 2.11. The van der Waals surface area contributed by atoms with Gasteiger partial charge in [0.15, 0.2) is 5.41 Å². The minimum atomic E-state index is -1.27. The maximum atomic E-state index is 11.7. The van der Waals surface area contributed by atoms with Crippen molar-refractivity contribution in [3.63, 3.8) is 0 Å². The number of hydrogen-bond donors (Lipinski definition) is 1. The molecule has 4 heteroatoms. The number of ether oxygens (including phenoxy) is 1. The van der Waals surface area contributed by atoms with Crippen LogP contribution in [0, 0.1) is 5.41 Å². The molecule has 0 heterocycles. The Morgan fingerprint density at radius 2 is 1.73 bits per heavy atom. The first-order valence-corrected chi connectivity index (χ1v) is 5.54. The third-order valence-electron chi connectivity index (χ3n) is 3.03. The zero-order valence-electron chi connectivity index (χ0n) is 9.12. The van der Waals surface area contributed by atoms with Crippen LogP contribution in [0.15, 0.2) is 0 Å². The van der Waals surface area contributed by atoms with E-state index in [0.717, 1.165) is 25.7 Å². The molecule has 1 N–H and O–H groups in total. The highest BCUT2D eigenvalue weighted by Gasteiger charge is 2.47. The smallest absolute Gasteiger partial charge is 0.323 e. The monoisotopic (exact) mass is 214 g/mol. The van der Waals surface area contributed by atoms with Crippen molar-refractivity contribution in [3.8, 4) is 0 Å². The predicted octanol–water partition coefficient (Wildman–Crippen LogP) is 1.97. The van der Waals surface area contributed by atoms with Crippen molar-refractivity contribution in [1.29, 1.82) is 0 Å². The van der Waals surface area contributed by atoms with Crippen molar-refractivity contribution in [2.75, 3.05) is 6.61 Å². The lowest BCUT2D eigenvalue weighted by Crippen LogP contribution is -2.40. The molecule has 15 heavy (non-hydrogen) atoms. The average Bonchev–Trinajstić information content (AvgIpc) is 2.43. The first-order valence-electron chi connectivity index (χ1n) is 5.54. The summed E-state index contributed by atoms with van der Waals surface area (Å²) >= 11 is 0. The first kappa shape index (κ1) is 12.0. The Balaban J connectivity index is 2.84. The summed E-state index contributed by atoms with van der Waals surface area (Å²) in [7, 11) is 0. The van der Waals surface area contributed by atoms with Gasteiger partial charge in [-0.15, -0.1) is 0 Å². The van der Waals surface area contributed by atoms with E-state index in [1.807, 2.05) is 0 Å². The number of hydrogen-bond acceptors (Lipinski definition) is 3.